The van der Waals surface area contributed by atoms with Crippen LogP contribution in [0.25, 0.3) is 0 Å². The van der Waals surface area contributed by atoms with Crippen molar-refractivity contribution in [2.45, 2.75) is 11.4 Å². The van der Waals surface area contributed by atoms with Gasteiger partial charge in [0.1, 0.15) is 19.0 Å². The highest BCUT2D eigenvalue weighted by molar-refractivity contribution is 7.89. The maximum Gasteiger partial charge on any atom is 0.243 e. The van der Waals surface area contributed by atoms with Gasteiger partial charge in [0.25, 0.3) is 0 Å². The number of nitrogens with zero attached hydrogens (tertiary/aromatic N) is 1. The van der Waals surface area contributed by atoms with E-state index in [0.717, 1.165) is 10.4 Å². The molecular formula is C16H15ClFNO4S. The Labute approximate surface area is 144 Å². The Kier molecular flexibility index (Phi) is 4.67. The van der Waals surface area contributed by atoms with Crippen LogP contribution >= 0.6 is 11.6 Å². The van der Waals surface area contributed by atoms with Gasteiger partial charge in [-0.15, -0.1) is 0 Å². The van der Waals surface area contributed by atoms with Crippen molar-refractivity contribution in [2.24, 2.45) is 0 Å². The van der Waals surface area contributed by atoms with Crippen LogP contribution < -0.4 is 9.47 Å². The average molecular weight is 372 g/mol. The van der Waals surface area contributed by atoms with Gasteiger partial charge >= 0.3 is 0 Å². The second-order valence-corrected chi connectivity index (χ2v) is 7.75. The summed E-state index contributed by atoms with van der Waals surface area (Å²) < 4.78 is 50.5. The molecule has 0 N–H and O–H groups in total. The van der Waals surface area contributed by atoms with Crippen LogP contribution in [-0.4, -0.2) is 33.0 Å². The molecule has 3 rings (SSSR count). The van der Waals surface area contributed by atoms with Gasteiger partial charge in [0, 0.05) is 24.7 Å². The van der Waals surface area contributed by atoms with Crippen molar-refractivity contribution in [3.05, 3.63) is 52.8 Å². The van der Waals surface area contributed by atoms with Crippen molar-refractivity contribution in [1.82, 2.24) is 4.31 Å². The second-order valence-electron chi connectivity index (χ2n) is 5.30. The molecule has 0 radical (unpaired) electrons. The van der Waals surface area contributed by atoms with E-state index < -0.39 is 15.8 Å². The zero-order chi connectivity index (χ0) is 17.3. The predicted octanol–water partition coefficient (Wildman–Crippen LogP) is 3.07. The zero-order valence-electron chi connectivity index (χ0n) is 12.8. The van der Waals surface area contributed by atoms with Crippen LogP contribution in [0.4, 0.5) is 4.39 Å². The highest BCUT2D eigenvalue weighted by Gasteiger charge is 2.24. The van der Waals surface area contributed by atoms with Gasteiger partial charge in [-0.1, -0.05) is 17.7 Å². The molecule has 0 atom stereocenters. The lowest BCUT2D eigenvalue weighted by Crippen LogP contribution is -2.27. The van der Waals surface area contributed by atoms with E-state index in [-0.39, 0.29) is 16.5 Å². The molecule has 0 aromatic heterocycles. The summed E-state index contributed by atoms with van der Waals surface area (Å²) in [6.45, 7) is 0.829. The van der Waals surface area contributed by atoms with Crippen molar-refractivity contribution < 1.29 is 22.3 Å². The molecule has 0 saturated heterocycles. The molecule has 2 aromatic rings. The van der Waals surface area contributed by atoms with Crippen molar-refractivity contribution in [2.75, 3.05) is 20.3 Å². The fourth-order valence-corrected chi connectivity index (χ4v) is 3.73. The summed E-state index contributed by atoms with van der Waals surface area (Å²) in [5.41, 5.74) is 0.515. The molecule has 0 fully saturated rings. The van der Waals surface area contributed by atoms with Crippen LogP contribution in [0.2, 0.25) is 5.02 Å². The maximum atomic E-state index is 13.1. The Morgan fingerprint density at radius 2 is 1.83 bits per heavy atom. The summed E-state index contributed by atoms with van der Waals surface area (Å²) in [6, 6.07) is 8.33. The highest BCUT2D eigenvalue weighted by Crippen LogP contribution is 2.33. The molecule has 0 spiro atoms. The van der Waals surface area contributed by atoms with E-state index in [0.29, 0.717) is 30.3 Å². The van der Waals surface area contributed by atoms with Crippen LogP contribution in [0, 0.1) is 5.82 Å². The van der Waals surface area contributed by atoms with Gasteiger partial charge in [-0.25, -0.2) is 12.8 Å². The minimum Gasteiger partial charge on any atom is -0.486 e. The topological polar surface area (TPSA) is 55.8 Å². The average Bonchev–Trinajstić information content (AvgIpc) is 2.56. The number of rotatable bonds is 4. The van der Waals surface area contributed by atoms with E-state index in [1.165, 1.54) is 31.3 Å². The maximum absolute atomic E-state index is 13.1. The molecule has 1 heterocycles. The molecule has 5 nitrogen and oxygen atoms in total. The minimum atomic E-state index is -3.75. The molecular weight excluding hydrogens is 357 g/mol. The summed E-state index contributed by atoms with van der Waals surface area (Å²) in [4.78, 5) is 0.0903. The summed E-state index contributed by atoms with van der Waals surface area (Å²) in [5, 5.41) is 0.180. The van der Waals surface area contributed by atoms with Crippen molar-refractivity contribution in [3.63, 3.8) is 0 Å². The first-order chi connectivity index (χ1) is 11.4. The molecule has 0 bridgehead atoms. The number of fused-ring (bicyclic) bond motifs is 1. The Bertz CT molecular complexity index is 872. The first kappa shape index (κ1) is 17.0. The Morgan fingerprint density at radius 3 is 2.54 bits per heavy atom. The Hall–Kier alpha value is -1.83. The molecule has 2 aromatic carbocycles. The van der Waals surface area contributed by atoms with E-state index in [2.05, 4.69) is 0 Å². The monoisotopic (exact) mass is 371 g/mol. The highest BCUT2D eigenvalue weighted by atomic mass is 35.5. The summed E-state index contributed by atoms with van der Waals surface area (Å²) in [5.74, 6) is 0.445. The van der Waals surface area contributed by atoms with Crippen LogP contribution in [0.3, 0.4) is 0 Å². The van der Waals surface area contributed by atoms with E-state index in [9.17, 15) is 12.8 Å². The quantitative estimate of drug-likeness (QED) is 0.828. The standard InChI is InChI=1S/C16H15ClFNO4S/c1-19(10-11-2-3-12(18)8-14(11)17)24(20,21)13-4-5-15-16(9-13)23-7-6-22-15/h2-5,8-9H,6-7,10H2,1H3. The lowest BCUT2D eigenvalue weighted by atomic mass is 10.2. The van der Waals surface area contributed by atoms with E-state index in [1.54, 1.807) is 6.07 Å². The third-order valence-electron chi connectivity index (χ3n) is 3.63. The molecule has 0 saturated carbocycles. The number of hydrogen-bond donors (Lipinski definition) is 0. The third-order valence-corrected chi connectivity index (χ3v) is 5.78. The summed E-state index contributed by atoms with van der Waals surface area (Å²) in [6.07, 6.45) is 0. The lowest BCUT2D eigenvalue weighted by molar-refractivity contribution is 0.171. The largest absolute Gasteiger partial charge is 0.486 e. The predicted molar refractivity (Wildman–Crippen MR) is 87.5 cm³/mol. The molecule has 24 heavy (non-hydrogen) atoms. The molecule has 8 heteroatoms. The summed E-state index contributed by atoms with van der Waals surface area (Å²) in [7, 11) is -2.32. The minimum absolute atomic E-state index is 0.0237. The second kappa shape index (κ2) is 6.58. The molecule has 128 valence electrons. The van der Waals surface area contributed by atoms with Gasteiger partial charge in [-0.3, -0.25) is 0 Å². The van der Waals surface area contributed by atoms with Gasteiger partial charge in [-0.05, 0) is 29.8 Å². The summed E-state index contributed by atoms with van der Waals surface area (Å²) >= 11 is 5.97. The Balaban J connectivity index is 1.86. The van der Waals surface area contributed by atoms with Crippen molar-refractivity contribution in [3.8, 4) is 11.5 Å². The zero-order valence-corrected chi connectivity index (χ0v) is 14.4. The first-order valence-corrected chi connectivity index (χ1v) is 8.99. The van der Waals surface area contributed by atoms with Gasteiger partial charge < -0.3 is 9.47 Å². The fraction of sp³-hybridized carbons (Fsp3) is 0.250. The normalized spacial score (nSPS) is 14.0. The number of ether oxygens (including phenoxy) is 2. The number of benzene rings is 2. The van der Waals surface area contributed by atoms with Gasteiger partial charge in [-0.2, -0.15) is 4.31 Å². The van der Waals surface area contributed by atoms with E-state index in [1.807, 2.05) is 0 Å². The van der Waals surface area contributed by atoms with Gasteiger partial charge in [0.2, 0.25) is 10.0 Å². The van der Waals surface area contributed by atoms with Crippen LogP contribution in [0.5, 0.6) is 11.5 Å². The van der Waals surface area contributed by atoms with Crippen LogP contribution in [-0.2, 0) is 16.6 Å². The van der Waals surface area contributed by atoms with Gasteiger partial charge in [0.05, 0.1) is 4.90 Å². The molecule has 1 aliphatic rings. The Morgan fingerprint density at radius 1 is 1.12 bits per heavy atom. The fourth-order valence-electron chi connectivity index (χ4n) is 2.34. The molecule has 0 aliphatic carbocycles. The van der Waals surface area contributed by atoms with Crippen LogP contribution in [0.15, 0.2) is 41.3 Å². The van der Waals surface area contributed by atoms with Crippen LogP contribution in [0.1, 0.15) is 5.56 Å². The van der Waals surface area contributed by atoms with Crippen molar-refractivity contribution in [1.29, 1.82) is 0 Å². The first-order valence-electron chi connectivity index (χ1n) is 7.18. The number of halogens is 2. The molecule has 0 unspecified atom stereocenters. The molecule has 1 aliphatic heterocycles. The smallest absolute Gasteiger partial charge is 0.243 e. The lowest BCUT2D eigenvalue weighted by Gasteiger charge is -2.21. The number of sulfonamides is 1. The molecule has 0 amide bonds. The number of hydrogen-bond acceptors (Lipinski definition) is 4. The van der Waals surface area contributed by atoms with Crippen molar-refractivity contribution >= 4 is 21.6 Å². The van der Waals surface area contributed by atoms with E-state index >= 15 is 0 Å². The SMILES string of the molecule is CN(Cc1ccc(F)cc1Cl)S(=O)(=O)c1ccc2c(c1)OCCO2. The van der Waals surface area contributed by atoms with E-state index in [4.69, 9.17) is 21.1 Å². The third kappa shape index (κ3) is 3.33. The van der Waals surface area contributed by atoms with Gasteiger partial charge in [0.15, 0.2) is 11.5 Å².